The van der Waals surface area contributed by atoms with Gasteiger partial charge < -0.3 is 10.3 Å². The number of imidazole rings is 1. The van der Waals surface area contributed by atoms with Crippen LogP contribution in [0, 0.1) is 0 Å². The highest BCUT2D eigenvalue weighted by Crippen LogP contribution is 2.08. The normalized spacial score (nSPS) is 10.1. The van der Waals surface area contributed by atoms with Crippen LogP contribution in [0.5, 0.6) is 0 Å². The van der Waals surface area contributed by atoms with Gasteiger partial charge in [-0.3, -0.25) is 4.79 Å². The molecule has 0 saturated heterocycles. The summed E-state index contributed by atoms with van der Waals surface area (Å²) in [5.74, 6) is -0.522. The Morgan fingerprint density at radius 2 is 2.43 bits per heavy atom. The van der Waals surface area contributed by atoms with Crippen LogP contribution in [0.1, 0.15) is 25.5 Å². The second-order valence-corrected chi connectivity index (χ2v) is 3.19. The van der Waals surface area contributed by atoms with Gasteiger partial charge in [-0.05, 0) is 6.42 Å². The van der Waals surface area contributed by atoms with Crippen molar-refractivity contribution in [2.45, 2.75) is 26.3 Å². The first-order valence-corrected chi connectivity index (χ1v) is 4.66. The molecule has 0 aromatic carbocycles. The van der Waals surface area contributed by atoms with E-state index in [0.29, 0.717) is 5.69 Å². The van der Waals surface area contributed by atoms with Crippen LogP contribution >= 0.6 is 0 Å². The molecule has 0 spiro atoms. The van der Waals surface area contributed by atoms with Gasteiger partial charge in [0.2, 0.25) is 5.91 Å². The number of hydrogen-bond donors (Lipinski definition) is 1. The molecule has 1 aromatic rings. The molecule has 0 aliphatic heterocycles. The molecule has 0 atom stereocenters. The van der Waals surface area contributed by atoms with E-state index in [2.05, 4.69) is 18.5 Å². The number of carbonyl (C=O) groups excluding carboxylic acids is 1. The molecule has 0 radical (unpaired) electrons. The first-order chi connectivity index (χ1) is 6.65. The number of nitrogens with zero attached hydrogens (tertiary/aromatic N) is 2. The van der Waals surface area contributed by atoms with Crippen molar-refractivity contribution in [3.63, 3.8) is 0 Å². The predicted octanol–water partition coefficient (Wildman–Crippen LogP) is 1.18. The molecule has 0 saturated carbocycles. The molecule has 1 heterocycles. The molecule has 0 fully saturated rings. The van der Waals surface area contributed by atoms with Gasteiger partial charge in [0, 0.05) is 12.7 Å². The third-order valence-corrected chi connectivity index (χ3v) is 2.01. The first-order valence-electron chi connectivity index (χ1n) is 4.66. The van der Waals surface area contributed by atoms with Gasteiger partial charge in [0.1, 0.15) is 0 Å². The zero-order valence-corrected chi connectivity index (χ0v) is 8.36. The minimum atomic E-state index is -0.522. The SMILES string of the molecule is C=C(C(N)=O)c1cn(CCCC)cn1. The Labute approximate surface area is 83.4 Å². The van der Waals surface area contributed by atoms with Crippen molar-refractivity contribution in [2.24, 2.45) is 5.73 Å². The number of amides is 1. The molecule has 4 heteroatoms. The minimum absolute atomic E-state index is 0.264. The zero-order chi connectivity index (χ0) is 10.6. The lowest BCUT2D eigenvalue weighted by molar-refractivity contribution is -0.112. The first kappa shape index (κ1) is 10.5. The van der Waals surface area contributed by atoms with Crippen LogP contribution in [0.3, 0.4) is 0 Å². The Morgan fingerprint density at radius 1 is 1.71 bits per heavy atom. The highest BCUT2D eigenvalue weighted by Gasteiger charge is 2.07. The summed E-state index contributed by atoms with van der Waals surface area (Å²) in [5.41, 5.74) is 5.92. The molecule has 4 nitrogen and oxygen atoms in total. The minimum Gasteiger partial charge on any atom is -0.366 e. The summed E-state index contributed by atoms with van der Waals surface area (Å²) in [6.07, 6.45) is 5.71. The maximum Gasteiger partial charge on any atom is 0.250 e. The molecule has 1 rings (SSSR count). The van der Waals surface area contributed by atoms with Gasteiger partial charge in [-0.2, -0.15) is 0 Å². The Bertz CT molecular complexity index is 341. The summed E-state index contributed by atoms with van der Waals surface area (Å²) in [7, 11) is 0. The molecular weight excluding hydrogens is 178 g/mol. The topological polar surface area (TPSA) is 60.9 Å². The fraction of sp³-hybridized carbons (Fsp3) is 0.400. The Morgan fingerprint density at radius 3 is 3.00 bits per heavy atom. The lowest BCUT2D eigenvalue weighted by Crippen LogP contribution is -2.12. The van der Waals surface area contributed by atoms with E-state index >= 15 is 0 Å². The molecule has 2 N–H and O–H groups in total. The Balaban J connectivity index is 2.68. The molecule has 14 heavy (non-hydrogen) atoms. The van der Waals surface area contributed by atoms with E-state index in [-0.39, 0.29) is 5.57 Å². The molecule has 1 aromatic heterocycles. The molecule has 0 aliphatic carbocycles. The van der Waals surface area contributed by atoms with Gasteiger partial charge in [0.25, 0.3) is 0 Å². The van der Waals surface area contributed by atoms with E-state index in [1.54, 1.807) is 12.5 Å². The summed E-state index contributed by atoms with van der Waals surface area (Å²) in [4.78, 5) is 14.8. The summed E-state index contributed by atoms with van der Waals surface area (Å²) in [5, 5.41) is 0. The number of nitrogens with two attached hydrogens (primary N) is 1. The van der Waals surface area contributed by atoms with E-state index in [1.807, 2.05) is 4.57 Å². The highest BCUT2D eigenvalue weighted by molar-refractivity contribution is 6.17. The van der Waals surface area contributed by atoms with E-state index in [9.17, 15) is 4.79 Å². The van der Waals surface area contributed by atoms with Crippen molar-refractivity contribution in [3.8, 4) is 0 Å². The fourth-order valence-corrected chi connectivity index (χ4v) is 1.11. The van der Waals surface area contributed by atoms with E-state index in [1.165, 1.54) is 0 Å². The van der Waals surface area contributed by atoms with Gasteiger partial charge in [0.15, 0.2) is 0 Å². The van der Waals surface area contributed by atoms with E-state index in [0.717, 1.165) is 19.4 Å². The van der Waals surface area contributed by atoms with Crippen molar-refractivity contribution in [1.29, 1.82) is 0 Å². The molecule has 0 aliphatic rings. The second kappa shape index (κ2) is 4.60. The average Bonchev–Trinajstić information content (AvgIpc) is 2.61. The number of primary amides is 1. The van der Waals surface area contributed by atoms with Crippen LogP contribution in [0.4, 0.5) is 0 Å². The summed E-state index contributed by atoms with van der Waals surface area (Å²) < 4.78 is 1.94. The Hall–Kier alpha value is -1.58. The van der Waals surface area contributed by atoms with Crippen LogP contribution in [0.25, 0.3) is 5.57 Å². The fourth-order valence-electron chi connectivity index (χ4n) is 1.11. The lowest BCUT2D eigenvalue weighted by Gasteiger charge is -1.98. The standard InChI is InChI=1S/C10H15N3O/c1-3-4-5-13-6-9(12-7-13)8(2)10(11)14/h6-7H,2-5H2,1H3,(H2,11,14). The van der Waals surface area contributed by atoms with Crippen LogP contribution in [-0.4, -0.2) is 15.5 Å². The largest absolute Gasteiger partial charge is 0.366 e. The number of aryl methyl sites for hydroxylation is 1. The number of hydrogen-bond acceptors (Lipinski definition) is 2. The smallest absolute Gasteiger partial charge is 0.250 e. The van der Waals surface area contributed by atoms with Crippen molar-refractivity contribution >= 4 is 11.5 Å². The highest BCUT2D eigenvalue weighted by atomic mass is 16.1. The van der Waals surface area contributed by atoms with Gasteiger partial charge >= 0.3 is 0 Å². The van der Waals surface area contributed by atoms with Gasteiger partial charge in [0.05, 0.1) is 17.6 Å². The molecule has 76 valence electrons. The number of carbonyl (C=O) groups is 1. The van der Waals surface area contributed by atoms with Crippen LogP contribution in [-0.2, 0) is 11.3 Å². The van der Waals surface area contributed by atoms with Crippen molar-refractivity contribution in [3.05, 3.63) is 24.8 Å². The van der Waals surface area contributed by atoms with Crippen molar-refractivity contribution < 1.29 is 4.79 Å². The van der Waals surface area contributed by atoms with E-state index in [4.69, 9.17) is 5.73 Å². The predicted molar refractivity (Wildman–Crippen MR) is 55.4 cm³/mol. The molecule has 1 amide bonds. The third-order valence-electron chi connectivity index (χ3n) is 2.01. The maximum absolute atomic E-state index is 10.8. The number of aromatic nitrogens is 2. The summed E-state index contributed by atoms with van der Waals surface area (Å²) in [6, 6.07) is 0. The van der Waals surface area contributed by atoms with Crippen LogP contribution < -0.4 is 5.73 Å². The van der Waals surface area contributed by atoms with Crippen LogP contribution in [0.2, 0.25) is 0 Å². The number of rotatable bonds is 5. The van der Waals surface area contributed by atoms with Gasteiger partial charge in [-0.15, -0.1) is 0 Å². The van der Waals surface area contributed by atoms with Crippen molar-refractivity contribution in [1.82, 2.24) is 9.55 Å². The van der Waals surface area contributed by atoms with Crippen LogP contribution in [0.15, 0.2) is 19.1 Å². The summed E-state index contributed by atoms with van der Waals surface area (Å²) >= 11 is 0. The Kier molecular flexibility index (Phi) is 3.45. The third kappa shape index (κ3) is 2.45. The lowest BCUT2D eigenvalue weighted by atomic mass is 10.2. The monoisotopic (exact) mass is 193 g/mol. The van der Waals surface area contributed by atoms with Crippen molar-refractivity contribution in [2.75, 3.05) is 0 Å². The van der Waals surface area contributed by atoms with Gasteiger partial charge in [-0.25, -0.2) is 4.98 Å². The number of unbranched alkanes of at least 4 members (excludes halogenated alkanes) is 1. The second-order valence-electron chi connectivity index (χ2n) is 3.19. The van der Waals surface area contributed by atoms with E-state index < -0.39 is 5.91 Å². The quantitative estimate of drug-likeness (QED) is 0.714. The molecule has 0 unspecified atom stereocenters. The average molecular weight is 193 g/mol. The zero-order valence-electron chi connectivity index (χ0n) is 8.36. The maximum atomic E-state index is 10.8. The summed E-state index contributed by atoms with van der Waals surface area (Å²) in [6.45, 7) is 6.61. The molecular formula is C10H15N3O. The van der Waals surface area contributed by atoms with Gasteiger partial charge in [-0.1, -0.05) is 19.9 Å². The molecule has 0 bridgehead atoms.